The van der Waals surface area contributed by atoms with Crippen molar-refractivity contribution in [1.29, 1.82) is 0 Å². The van der Waals surface area contributed by atoms with Crippen molar-refractivity contribution in [3.05, 3.63) is 88.3 Å². The zero-order valence-corrected chi connectivity index (χ0v) is 20.7. The van der Waals surface area contributed by atoms with E-state index in [2.05, 4.69) is 5.32 Å². The molecule has 0 radical (unpaired) electrons. The second-order valence-corrected chi connectivity index (χ2v) is 7.95. The monoisotopic (exact) mass is 499 g/mol. The van der Waals surface area contributed by atoms with Gasteiger partial charge in [-0.25, -0.2) is 4.39 Å². The summed E-state index contributed by atoms with van der Waals surface area (Å²) >= 11 is 6.46. The second-order valence-electron chi connectivity index (χ2n) is 7.54. The SMILES string of the molecule is COc1cc(CCc2cc(Cl)c(OC)c(N/C=C\C(=O)c3ccc(F)cc3)c2)cc(OC)c1OC. The molecule has 0 spiro atoms. The van der Waals surface area contributed by atoms with Gasteiger partial charge in [0.05, 0.1) is 39.1 Å². The molecule has 0 saturated carbocycles. The summed E-state index contributed by atoms with van der Waals surface area (Å²) in [6, 6.07) is 12.9. The van der Waals surface area contributed by atoms with E-state index >= 15 is 0 Å². The van der Waals surface area contributed by atoms with Crippen molar-refractivity contribution in [2.24, 2.45) is 0 Å². The Hall–Kier alpha value is -3.71. The maximum Gasteiger partial charge on any atom is 0.203 e. The number of benzene rings is 3. The Bertz CT molecular complexity index is 1190. The standard InChI is InChI=1S/C27H27ClFNO5/c1-32-24-15-18(16-25(33-2)27(24)35-4)6-5-17-13-21(28)26(34-3)22(14-17)30-12-11-23(31)19-7-9-20(29)10-8-19/h7-16,30H,5-6H2,1-4H3/b12-11-. The van der Waals surface area contributed by atoms with Crippen molar-refractivity contribution in [2.45, 2.75) is 12.8 Å². The van der Waals surface area contributed by atoms with Gasteiger partial charge in [0.25, 0.3) is 0 Å². The highest BCUT2D eigenvalue weighted by atomic mass is 35.5. The number of allylic oxidation sites excluding steroid dienone is 1. The number of carbonyl (C=O) groups excluding carboxylic acids is 1. The van der Waals surface area contributed by atoms with Gasteiger partial charge in [0.2, 0.25) is 5.75 Å². The summed E-state index contributed by atoms with van der Waals surface area (Å²) in [4.78, 5) is 12.3. The summed E-state index contributed by atoms with van der Waals surface area (Å²) in [5.41, 5.74) is 2.97. The van der Waals surface area contributed by atoms with E-state index in [1.165, 1.54) is 43.7 Å². The van der Waals surface area contributed by atoms with Crippen LogP contribution in [-0.2, 0) is 12.8 Å². The molecule has 6 nitrogen and oxygen atoms in total. The summed E-state index contributed by atoms with van der Waals surface area (Å²) < 4.78 is 34.8. The number of nitrogens with one attached hydrogen (secondary N) is 1. The topological polar surface area (TPSA) is 66.0 Å². The molecule has 0 bridgehead atoms. The predicted octanol–water partition coefficient (Wildman–Crippen LogP) is 6.11. The Balaban J connectivity index is 1.77. The van der Waals surface area contributed by atoms with E-state index in [4.69, 9.17) is 30.5 Å². The number of hydrogen-bond donors (Lipinski definition) is 1. The number of rotatable bonds is 11. The van der Waals surface area contributed by atoms with Crippen LogP contribution in [-0.4, -0.2) is 34.2 Å². The smallest absolute Gasteiger partial charge is 0.203 e. The van der Waals surface area contributed by atoms with Crippen molar-refractivity contribution in [3.8, 4) is 23.0 Å². The molecule has 0 aromatic heterocycles. The van der Waals surface area contributed by atoms with Crippen molar-refractivity contribution in [3.63, 3.8) is 0 Å². The molecule has 184 valence electrons. The minimum Gasteiger partial charge on any atom is -0.493 e. The molecule has 0 amide bonds. The number of aryl methyl sites for hydroxylation is 2. The highest BCUT2D eigenvalue weighted by Crippen LogP contribution is 2.39. The third-order valence-electron chi connectivity index (χ3n) is 5.34. The average molecular weight is 500 g/mol. The van der Waals surface area contributed by atoms with E-state index in [1.54, 1.807) is 21.3 Å². The van der Waals surface area contributed by atoms with Crippen molar-refractivity contribution in [2.75, 3.05) is 33.8 Å². The molecule has 3 aromatic rings. The Morgan fingerprint density at radius 3 is 1.97 bits per heavy atom. The normalized spacial score (nSPS) is 10.8. The largest absolute Gasteiger partial charge is 0.493 e. The lowest BCUT2D eigenvalue weighted by Gasteiger charge is -2.15. The van der Waals surface area contributed by atoms with Crippen molar-refractivity contribution >= 4 is 23.1 Å². The summed E-state index contributed by atoms with van der Waals surface area (Å²) in [6.45, 7) is 0. The van der Waals surface area contributed by atoms with Crippen LogP contribution in [0.15, 0.2) is 60.8 Å². The van der Waals surface area contributed by atoms with Gasteiger partial charge in [-0.1, -0.05) is 11.6 Å². The van der Waals surface area contributed by atoms with Gasteiger partial charge in [-0.15, -0.1) is 0 Å². The van der Waals surface area contributed by atoms with Gasteiger partial charge in [-0.05, 0) is 72.5 Å². The molecule has 0 atom stereocenters. The summed E-state index contributed by atoms with van der Waals surface area (Å²) in [6.07, 6.45) is 4.24. The lowest BCUT2D eigenvalue weighted by molar-refractivity contribution is 0.104. The second kappa shape index (κ2) is 12.1. The van der Waals surface area contributed by atoms with Crippen LogP contribution in [0.4, 0.5) is 10.1 Å². The number of methoxy groups -OCH3 is 4. The number of ketones is 1. The number of anilines is 1. The number of carbonyl (C=O) groups is 1. The van der Waals surface area contributed by atoms with E-state index < -0.39 is 5.82 Å². The van der Waals surface area contributed by atoms with E-state index in [0.29, 0.717) is 52.1 Å². The zero-order valence-electron chi connectivity index (χ0n) is 20.0. The van der Waals surface area contributed by atoms with Crippen molar-refractivity contribution in [1.82, 2.24) is 0 Å². The van der Waals surface area contributed by atoms with Crippen molar-refractivity contribution < 1.29 is 28.1 Å². The molecular weight excluding hydrogens is 473 g/mol. The van der Waals surface area contributed by atoms with Gasteiger partial charge >= 0.3 is 0 Å². The third-order valence-corrected chi connectivity index (χ3v) is 5.62. The van der Waals surface area contributed by atoms with Gasteiger partial charge in [0.15, 0.2) is 23.0 Å². The van der Waals surface area contributed by atoms with Gasteiger partial charge in [0, 0.05) is 17.8 Å². The fourth-order valence-corrected chi connectivity index (χ4v) is 3.91. The molecule has 8 heteroatoms. The number of halogens is 2. The molecular formula is C27H27ClFNO5. The first kappa shape index (κ1) is 25.9. The zero-order chi connectivity index (χ0) is 25.4. The molecule has 3 rings (SSSR count). The number of ether oxygens (including phenoxy) is 4. The third kappa shape index (κ3) is 6.45. The fourth-order valence-electron chi connectivity index (χ4n) is 3.59. The summed E-state index contributed by atoms with van der Waals surface area (Å²) in [5.74, 6) is 1.52. The Kier molecular flexibility index (Phi) is 8.98. The number of hydrogen-bond acceptors (Lipinski definition) is 6. The van der Waals surface area contributed by atoms with Crippen LogP contribution in [0.3, 0.4) is 0 Å². The molecule has 0 fully saturated rings. The molecule has 35 heavy (non-hydrogen) atoms. The Morgan fingerprint density at radius 1 is 0.857 bits per heavy atom. The first-order valence-corrected chi connectivity index (χ1v) is 11.2. The van der Waals surface area contributed by atoms with Crippen LogP contribution in [0.1, 0.15) is 21.5 Å². The van der Waals surface area contributed by atoms with Crippen LogP contribution in [0.5, 0.6) is 23.0 Å². The molecule has 0 aliphatic carbocycles. The molecule has 0 unspecified atom stereocenters. The van der Waals surface area contributed by atoms with Gasteiger partial charge in [-0.2, -0.15) is 0 Å². The fraction of sp³-hybridized carbons (Fsp3) is 0.222. The molecule has 0 heterocycles. The minimum absolute atomic E-state index is 0.263. The first-order chi connectivity index (χ1) is 16.9. The van der Waals surface area contributed by atoms with E-state index in [0.717, 1.165) is 11.1 Å². The molecule has 3 aromatic carbocycles. The van der Waals surface area contributed by atoms with Crippen LogP contribution < -0.4 is 24.3 Å². The highest BCUT2D eigenvalue weighted by molar-refractivity contribution is 6.32. The molecule has 1 N–H and O–H groups in total. The van der Waals surface area contributed by atoms with E-state index in [1.807, 2.05) is 24.3 Å². The minimum atomic E-state index is -0.397. The maximum atomic E-state index is 13.1. The summed E-state index contributed by atoms with van der Waals surface area (Å²) in [5, 5.41) is 3.51. The molecule has 0 saturated heterocycles. The highest BCUT2D eigenvalue weighted by Gasteiger charge is 2.14. The average Bonchev–Trinajstić information content (AvgIpc) is 2.86. The van der Waals surface area contributed by atoms with E-state index in [-0.39, 0.29) is 5.78 Å². The van der Waals surface area contributed by atoms with Gasteiger partial charge in [-0.3, -0.25) is 4.79 Å². The quantitative estimate of drug-likeness (QED) is 0.254. The van der Waals surface area contributed by atoms with E-state index in [9.17, 15) is 9.18 Å². The predicted molar refractivity (Wildman–Crippen MR) is 135 cm³/mol. The molecule has 0 aliphatic heterocycles. The Labute approximate surface area is 209 Å². The van der Waals surface area contributed by atoms with Crippen LogP contribution in [0.25, 0.3) is 0 Å². The first-order valence-electron chi connectivity index (χ1n) is 10.8. The lowest BCUT2D eigenvalue weighted by atomic mass is 10.0. The van der Waals surface area contributed by atoms with Crippen LogP contribution in [0.2, 0.25) is 5.02 Å². The molecule has 0 aliphatic rings. The van der Waals surface area contributed by atoms with Gasteiger partial charge in [0.1, 0.15) is 5.82 Å². The van der Waals surface area contributed by atoms with Gasteiger partial charge < -0.3 is 24.3 Å². The summed E-state index contributed by atoms with van der Waals surface area (Å²) in [7, 11) is 6.25. The van der Waals surface area contributed by atoms with Crippen LogP contribution >= 0.6 is 11.6 Å². The maximum absolute atomic E-state index is 13.1. The Morgan fingerprint density at radius 2 is 1.43 bits per heavy atom. The lowest BCUT2D eigenvalue weighted by Crippen LogP contribution is -2.01. The van der Waals surface area contributed by atoms with Crippen LogP contribution in [0, 0.1) is 5.82 Å².